The Kier molecular flexibility index (Phi) is 3.44. The van der Waals surface area contributed by atoms with E-state index in [-0.39, 0.29) is 5.78 Å². The van der Waals surface area contributed by atoms with Crippen molar-refractivity contribution in [1.29, 1.82) is 0 Å². The van der Waals surface area contributed by atoms with E-state index in [1.807, 2.05) is 24.3 Å². The second kappa shape index (κ2) is 5.41. The second-order valence-corrected chi connectivity index (χ2v) is 5.18. The molecule has 2 nitrogen and oxygen atoms in total. The lowest BCUT2D eigenvalue weighted by Gasteiger charge is -2.05. The number of nitrogens with zero attached hydrogens (tertiary/aromatic N) is 1. The molecule has 2 heterocycles. The molecule has 0 saturated carbocycles. The van der Waals surface area contributed by atoms with E-state index in [9.17, 15) is 4.79 Å². The molecule has 0 unspecified atom stereocenters. The van der Waals surface area contributed by atoms with Gasteiger partial charge in [0.2, 0.25) is 0 Å². The molecule has 2 aromatic heterocycles. The van der Waals surface area contributed by atoms with Gasteiger partial charge in [-0.2, -0.15) is 0 Å². The Morgan fingerprint density at radius 1 is 1.05 bits per heavy atom. The predicted molar refractivity (Wildman–Crippen MR) is 87.3 cm³/mol. The first-order valence-electron chi connectivity index (χ1n) is 7.02. The Hall–Kier alpha value is -2.61. The first-order valence-corrected chi connectivity index (χ1v) is 7.02. The number of aromatic nitrogens is 1. The molecule has 2 heteroatoms. The molecule has 1 aromatic carbocycles. The second-order valence-electron chi connectivity index (χ2n) is 5.18. The fourth-order valence-corrected chi connectivity index (χ4v) is 2.63. The third kappa shape index (κ3) is 2.52. The van der Waals surface area contributed by atoms with Gasteiger partial charge in [0.25, 0.3) is 0 Å². The minimum atomic E-state index is 0.0533. The third-order valence-electron chi connectivity index (χ3n) is 3.59. The van der Waals surface area contributed by atoms with E-state index >= 15 is 0 Å². The standard InChI is InChI=1S/C19H17NO/c1-14-7-6-10-17-13-18(16-8-4-3-5-9-16)19(20(14)17)12-11-15(2)21/h3-13H,1-2H3. The Morgan fingerprint density at radius 3 is 2.52 bits per heavy atom. The van der Waals surface area contributed by atoms with Crippen LogP contribution in [0.25, 0.3) is 22.7 Å². The molecule has 3 aromatic rings. The van der Waals surface area contributed by atoms with Crippen molar-refractivity contribution in [2.45, 2.75) is 13.8 Å². The molecule has 0 spiro atoms. The molecule has 0 N–H and O–H groups in total. The van der Waals surface area contributed by atoms with Crippen molar-refractivity contribution in [1.82, 2.24) is 4.40 Å². The number of carbonyl (C=O) groups is 1. The van der Waals surface area contributed by atoms with Crippen LogP contribution in [0.1, 0.15) is 18.3 Å². The number of fused-ring (bicyclic) bond motifs is 1. The maximum atomic E-state index is 11.3. The number of rotatable bonds is 3. The molecule has 0 bridgehead atoms. The first-order chi connectivity index (χ1) is 10.2. The van der Waals surface area contributed by atoms with E-state index in [0.29, 0.717) is 0 Å². The van der Waals surface area contributed by atoms with Crippen molar-refractivity contribution < 1.29 is 4.79 Å². The summed E-state index contributed by atoms with van der Waals surface area (Å²) < 4.78 is 2.18. The summed E-state index contributed by atoms with van der Waals surface area (Å²) in [5.74, 6) is 0.0533. The highest BCUT2D eigenvalue weighted by Crippen LogP contribution is 2.29. The van der Waals surface area contributed by atoms with Crippen molar-refractivity contribution in [2.24, 2.45) is 0 Å². The Morgan fingerprint density at radius 2 is 1.81 bits per heavy atom. The number of hydrogen-bond donors (Lipinski definition) is 0. The van der Waals surface area contributed by atoms with Crippen LogP contribution < -0.4 is 0 Å². The predicted octanol–water partition coefficient (Wildman–Crippen LogP) is 4.52. The van der Waals surface area contributed by atoms with E-state index in [1.54, 1.807) is 13.0 Å². The largest absolute Gasteiger partial charge is 0.314 e. The van der Waals surface area contributed by atoms with Gasteiger partial charge in [-0.1, -0.05) is 36.4 Å². The third-order valence-corrected chi connectivity index (χ3v) is 3.59. The van der Waals surface area contributed by atoms with Crippen molar-refractivity contribution in [3.63, 3.8) is 0 Å². The fourth-order valence-electron chi connectivity index (χ4n) is 2.63. The summed E-state index contributed by atoms with van der Waals surface area (Å²) in [5, 5.41) is 0. The highest BCUT2D eigenvalue weighted by Gasteiger charge is 2.11. The molecule has 0 radical (unpaired) electrons. The van der Waals surface area contributed by atoms with Gasteiger partial charge in [0.15, 0.2) is 5.78 Å². The topological polar surface area (TPSA) is 21.5 Å². The zero-order chi connectivity index (χ0) is 14.8. The molecular formula is C19H17NO. The Balaban J connectivity index is 2.31. The van der Waals surface area contributed by atoms with Gasteiger partial charge in [0, 0.05) is 16.8 Å². The van der Waals surface area contributed by atoms with Gasteiger partial charge in [-0.05, 0) is 49.8 Å². The van der Waals surface area contributed by atoms with Gasteiger partial charge in [-0.3, -0.25) is 4.79 Å². The number of allylic oxidation sites excluding steroid dienone is 1. The molecule has 3 rings (SSSR count). The summed E-state index contributed by atoms with van der Waals surface area (Å²) in [5.41, 5.74) is 5.63. The smallest absolute Gasteiger partial charge is 0.152 e. The molecule has 0 atom stereocenters. The lowest BCUT2D eigenvalue weighted by atomic mass is 10.1. The van der Waals surface area contributed by atoms with Crippen LogP contribution in [0.4, 0.5) is 0 Å². The molecule has 0 aliphatic carbocycles. The van der Waals surface area contributed by atoms with Crippen LogP contribution in [0.15, 0.2) is 60.7 Å². The minimum absolute atomic E-state index is 0.0533. The van der Waals surface area contributed by atoms with Crippen molar-refractivity contribution >= 4 is 17.4 Å². The normalized spacial score (nSPS) is 11.3. The summed E-state index contributed by atoms with van der Waals surface area (Å²) >= 11 is 0. The van der Waals surface area contributed by atoms with Crippen LogP contribution in [-0.2, 0) is 4.79 Å². The van der Waals surface area contributed by atoms with Crippen LogP contribution in [0, 0.1) is 6.92 Å². The summed E-state index contributed by atoms with van der Waals surface area (Å²) in [6.45, 7) is 3.65. The van der Waals surface area contributed by atoms with Gasteiger partial charge in [-0.25, -0.2) is 0 Å². The number of pyridine rings is 1. The summed E-state index contributed by atoms with van der Waals surface area (Å²) in [4.78, 5) is 11.3. The van der Waals surface area contributed by atoms with Crippen molar-refractivity contribution in [2.75, 3.05) is 0 Å². The van der Waals surface area contributed by atoms with Crippen LogP contribution >= 0.6 is 0 Å². The number of carbonyl (C=O) groups excluding carboxylic acids is 1. The number of ketones is 1. The quantitative estimate of drug-likeness (QED) is 0.644. The monoisotopic (exact) mass is 275 g/mol. The molecule has 21 heavy (non-hydrogen) atoms. The van der Waals surface area contributed by atoms with E-state index in [4.69, 9.17) is 0 Å². The Labute approximate surface area is 124 Å². The Bertz CT molecular complexity index is 825. The van der Waals surface area contributed by atoms with Crippen molar-refractivity contribution in [3.05, 3.63) is 72.1 Å². The fraction of sp³-hybridized carbons (Fsp3) is 0.105. The molecule has 0 fully saturated rings. The summed E-state index contributed by atoms with van der Waals surface area (Å²) in [6, 6.07) is 18.6. The van der Waals surface area contributed by atoms with Crippen molar-refractivity contribution in [3.8, 4) is 11.1 Å². The van der Waals surface area contributed by atoms with E-state index in [0.717, 1.165) is 28.0 Å². The average Bonchev–Trinajstić information content (AvgIpc) is 2.86. The lowest BCUT2D eigenvalue weighted by Crippen LogP contribution is -1.94. The molecule has 0 saturated heterocycles. The highest BCUT2D eigenvalue weighted by molar-refractivity contribution is 5.93. The minimum Gasteiger partial charge on any atom is -0.314 e. The van der Waals surface area contributed by atoms with E-state index in [1.165, 1.54) is 0 Å². The molecule has 0 aliphatic heterocycles. The van der Waals surface area contributed by atoms with Gasteiger partial charge >= 0.3 is 0 Å². The maximum absolute atomic E-state index is 11.3. The van der Waals surface area contributed by atoms with Crippen LogP contribution in [-0.4, -0.2) is 10.2 Å². The summed E-state index contributed by atoms with van der Waals surface area (Å²) in [6.07, 6.45) is 3.53. The van der Waals surface area contributed by atoms with E-state index in [2.05, 4.69) is 47.7 Å². The maximum Gasteiger partial charge on any atom is 0.152 e. The van der Waals surface area contributed by atoms with Crippen LogP contribution in [0.2, 0.25) is 0 Å². The zero-order valence-corrected chi connectivity index (χ0v) is 12.2. The molecular weight excluding hydrogens is 258 g/mol. The van der Waals surface area contributed by atoms with E-state index < -0.39 is 0 Å². The number of hydrogen-bond acceptors (Lipinski definition) is 1. The molecule has 104 valence electrons. The van der Waals surface area contributed by atoms with Crippen LogP contribution in [0.3, 0.4) is 0 Å². The number of benzene rings is 1. The van der Waals surface area contributed by atoms with Gasteiger partial charge in [0.05, 0.1) is 5.69 Å². The first kappa shape index (κ1) is 13.4. The van der Waals surface area contributed by atoms with Gasteiger partial charge in [0.1, 0.15) is 0 Å². The average molecular weight is 275 g/mol. The zero-order valence-electron chi connectivity index (χ0n) is 12.2. The van der Waals surface area contributed by atoms with Gasteiger partial charge < -0.3 is 4.40 Å². The van der Waals surface area contributed by atoms with Crippen LogP contribution in [0.5, 0.6) is 0 Å². The molecule has 0 amide bonds. The van der Waals surface area contributed by atoms with Gasteiger partial charge in [-0.15, -0.1) is 0 Å². The highest BCUT2D eigenvalue weighted by atomic mass is 16.1. The molecule has 0 aliphatic rings. The lowest BCUT2D eigenvalue weighted by molar-refractivity contribution is -0.112. The number of aryl methyl sites for hydroxylation is 1. The summed E-state index contributed by atoms with van der Waals surface area (Å²) in [7, 11) is 0. The SMILES string of the molecule is CC(=O)C=Cc1c(-c2ccccc2)cc2cccc(C)n12.